The zero-order valence-electron chi connectivity index (χ0n) is 44.0. The molecule has 5 heteroatoms. The molecule has 0 aromatic heterocycles. The average molecular weight is 919 g/mol. The summed E-state index contributed by atoms with van der Waals surface area (Å²) in [5.74, 6) is 2.46. The van der Waals surface area contributed by atoms with Crippen LogP contribution in [0.1, 0.15) is 296 Å². The second-order valence-corrected chi connectivity index (χ2v) is 19.9. The molecule has 0 saturated carbocycles. The summed E-state index contributed by atoms with van der Waals surface area (Å²) in [4.78, 5) is 4.75. The van der Waals surface area contributed by atoms with Crippen LogP contribution in [0.25, 0.3) is 0 Å². The van der Waals surface area contributed by atoms with Crippen molar-refractivity contribution in [2.24, 2.45) is 4.99 Å². The first-order valence-electron chi connectivity index (χ1n) is 29.1. The van der Waals surface area contributed by atoms with Crippen LogP contribution in [-0.2, 0) is 0 Å². The Hall–Kier alpha value is -2.69. The van der Waals surface area contributed by atoms with E-state index in [4.69, 9.17) is 19.2 Å². The van der Waals surface area contributed by atoms with E-state index in [-0.39, 0.29) is 5.75 Å². The lowest BCUT2D eigenvalue weighted by Crippen LogP contribution is -2.02. The van der Waals surface area contributed by atoms with Gasteiger partial charge in [-0.2, -0.15) is 0 Å². The van der Waals surface area contributed by atoms with Crippen LogP contribution in [0.2, 0.25) is 0 Å². The van der Waals surface area contributed by atoms with Gasteiger partial charge in [-0.1, -0.05) is 271 Å². The molecule has 0 unspecified atom stereocenters. The van der Waals surface area contributed by atoms with E-state index in [2.05, 4.69) is 20.8 Å². The smallest absolute Gasteiger partial charge is 0.163 e. The molecular formula is C61H107NO4. The van der Waals surface area contributed by atoms with Crippen molar-refractivity contribution in [1.82, 2.24) is 0 Å². The second kappa shape index (κ2) is 46.1. The van der Waals surface area contributed by atoms with Crippen molar-refractivity contribution in [2.75, 3.05) is 19.8 Å². The third-order valence-electron chi connectivity index (χ3n) is 13.6. The molecule has 1 N–H and O–H groups in total. The number of aliphatic imine (C=N–C) groups is 1. The van der Waals surface area contributed by atoms with E-state index >= 15 is 0 Å². The zero-order valence-corrected chi connectivity index (χ0v) is 44.0. The Labute approximate surface area is 409 Å². The fourth-order valence-corrected chi connectivity index (χ4v) is 9.12. The molecule has 0 bridgehead atoms. The highest BCUT2D eigenvalue weighted by atomic mass is 16.5. The third-order valence-corrected chi connectivity index (χ3v) is 13.6. The summed E-state index contributed by atoms with van der Waals surface area (Å²) in [7, 11) is 0. The highest BCUT2D eigenvalue weighted by Crippen LogP contribution is 2.33. The van der Waals surface area contributed by atoms with Crippen LogP contribution in [-0.4, -0.2) is 31.1 Å². The van der Waals surface area contributed by atoms with Crippen LogP contribution in [0.4, 0.5) is 5.69 Å². The molecule has 0 spiro atoms. The summed E-state index contributed by atoms with van der Waals surface area (Å²) in [6, 6.07) is 11.5. The van der Waals surface area contributed by atoms with Crippen LogP contribution >= 0.6 is 0 Å². The van der Waals surface area contributed by atoms with Gasteiger partial charge in [0.2, 0.25) is 0 Å². The third kappa shape index (κ3) is 35.5. The Kier molecular flexibility index (Phi) is 41.5. The van der Waals surface area contributed by atoms with Crippen molar-refractivity contribution in [3.8, 4) is 23.0 Å². The van der Waals surface area contributed by atoms with Crippen LogP contribution in [0, 0.1) is 0 Å². The Morgan fingerprint density at radius 2 is 0.667 bits per heavy atom. The lowest BCUT2D eigenvalue weighted by Gasteiger charge is -2.14. The maximum atomic E-state index is 10.8. The highest BCUT2D eigenvalue weighted by molar-refractivity contribution is 5.85. The van der Waals surface area contributed by atoms with E-state index in [0.717, 1.165) is 36.4 Å². The molecule has 0 radical (unpaired) electrons. The van der Waals surface area contributed by atoms with Crippen molar-refractivity contribution in [2.45, 2.75) is 290 Å². The van der Waals surface area contributed by atoms with Crippen LogP contribution in [0.3, 0.4) is 0 Å². The molecule has 2 aromatic rings. The topological polar surface area (TPSA) is 60.3 Å². The maximum Gasteiger partial charge on any atom is 0.163 e. The molecule has 5 nitrogen and oxygen atoms in total. The van der Waals surface area contributed by atoms with Gasteiger partial charge < -0.3 is 19.3 Å². The summed E-state index contributed by atoms with van der Waals surface area (Å²) in [5, 5.41) is 10.8. The molecule has 0 atom stereocenters. The number of rotatable bonds is 50. The minimum absolute atomic E-state index is 0.180. The normalized spacial score (nSPS) is 11.6. The van der Waals surface area contributed by atoms with Gasteiger partial charge in [0, 0.05) is 23.9 Å². The fraction of sp³-hybridized carbons (Fsp3) is 0.787. The Morgan fingerprint density at radius 3 is 1.02 bits per heavy atom. The number of nitrogens with zero attached hydrogens (tertiary/aromatic N) is 1. The monoisotopic (exact) mass is 918 g/mol. The minimum Gasteiger partial charge on any atom is -0.507 e. The summed E-state index contributed by atoms with van der Waals surface area (Å²) in [5.41, 5.74) is 1.45. The van der Waals surface area contributed by atoms with Crippen molar-refractivity contribution in [3.63, 3.8) is 0 Å². The molecule has 0 aliphatic rings. The van der Waals surface area contributed by atoms with Gasteiger partial charge in [0.05, 0.1) is 25.5 Å². The minimum atomic E-state index is 0.180. The number of phenolic OH excluding ortho intramolecular Hbond substituents is 1. The van der Waals surface area contributed by atoms with Crippen LogP contribution < -0.4 is 14.2 Å². The number of hydrogen-bond donors (Lipinski definition) is 1. The van der Waals surface area contributed by atoms with Crippen LogP contribution in [0.5, 0.6) is 23.0 Å². The molecule has 2 rings (SSSR count). The van der Waals surface area contributed by atoms with Gasteiger partial charge in [-0.15, -0.1) is 0 Å². The van der Waals surface area contributed by atoms with E-state index in [1.165, 1.54) is 250 Å². The molecule has 0 amide bonds. The largest absolute Gasteiger partial charge is 0.507 e. The lowest BCUT2D eigenvalue weighted by atomic mass is 10.0. The Bertz CT molecular complexity index is 1360. The van der Waals surface area contributed by atoms with Gasteiger partial charge in [-0.25, -0.2) is 0 Å². The molecule has 0 aliphatic heterocycles. The summed E-state index contributed by atoms with van der Waals surface area (Å²) >= 11 is 0. The maximum absolute atomic E-state index is 10.8. The van der Waals surface area contributed by atoms with Crippen molar-refractivity contribution in [1.29, 1.82) is 0 Å². The fourth-order valence-electron chi connectivity index (χ4n) is 9.12. The van der Waals surface area contributed by atoms with E-state index in [0.29, 0.717) is 31.1 Å². The summed E-state index contributed by atoms with van der Waals surface area (Å²) in [6.45, 7) is 8.95. The van der Waals surface area contributed by atoms with Gasteiger partial charge in [-0.3, -0.25) is 4.99 Å². The number of unbranched alkanes of at least 4 members (excludes halogenated alkanes) is 39. The lowest BCUT2D eigenvalue weighted by molar-refractivity contribution is 0.258. The van der Waals surface area contributed by atoms with Crippen molar-refractivity contribution < 1.29 is 19.3 Å². The van der Waals surface area contributed by atoms with Gasteiger partial charge in [0.15, 0.2) is 11.5 Å². The van der Waals surface area contributed by atoms with Gasteiger partial charge in [0.25, 0.3) is 0 Å². The number of phenols is 1. The molecule has 66 heavy (non-hydrogen) atoms. The van der Waals surface area contributed by atoms with Crippen molar-refractivity contribution >= 4 is 11.9 Å². The summed E-state index contributed by atoms with van der Waals surface area (Å²) in [6.07, 6.45) is 58.3. The molecular weight excluding hydrogens is 811 g/mol. The molecule has 0 aliphatic carbocycles. The van der Waals surface area contributed by atoms with E-state index in [9.17, 15) is 5.11 Å². The van der Waals surface area contributed by atoms with E-state index < -0.39 is 0 Å². The first kappa shape index (κ1) is 59.4. The number of benzene rings is 2. The first-order valence-corrected chi connectivity index (χ1v) is 29.1. The second-order valence-electron chi connectivity index (χ2n) is 19.9. The molecule has 380 valence electrons. The molecule has 2 aromatic carbocycles. The predicted molar refractivity (Wildman–Crippen MR) is 289 cm³/mol. The molecule has 0 fully saturated rings. The van der Waals surface area contributed by atoms with Gasteiger partial charge in [0.1, 0.15) is 11.5 Å². The summed E-state index contributed by atoms with van der Waals surface area (Å²) < 4.78 is 18.7. The predicted octanol–water partition coefficient (Wildman–Crippen LogP) is 20.7. The quantitative estimate of drug-likeness (QED) is 0.0531. The zero-order chi connectivity index (χ0) is 47.1. The molecule has 0 heterocycles. The number of ether oxygens (including phenoxy) is 3. The van der Waals surface area contributed by atoms with E-state index in [1.807, 2.05) is 30.3 Å². The SMILES string of the molecule is CCCCCCCCCCCCCCCCOc1ccc(C=Nc2ccc(OCCCCCCCCCCCCCCCC)c(OCCCCCCCCCCCCCCCC)c2)c(O)c1. The number of hydrogen-bond acceptors (Lipinski definition) is 5. The molecule has 0 saturated heterocycles. The highest BCUT2D eigenvalue weighted by Gasteiger charge is 2.09. The standard InChI is InChI=1S/C61H107NO4/c1-4-7-10-13-16-19-22-25-28-31-34-37-40-43-50-64-58-48-46-56(59(63)54-58)55-62-57-47-49-60(65-51-44-41-38-35-32-29-26-23-20-17-14-11-8-5-2)61(53-57)66-52-45-42-39-36-33-30-27-24-21-18-15-12-9-6-3/h46-49,53-55,63H,4-45,50-52H2,1-3H3. The first-order chi connectivity index (χ1) is 32.7. The van der Waals surface area contributed by atoms with Crippen molar-refractivity contribution in [3.05, 3.63) is 42.0 Å². The average Bonchev–Trinajstić information content (AvgIpc) is 3.32. The van der Waals surface area contributed by atoms with E-state index in [1.54, 1.807) is 12.3 Å². The number of aromatic hydroxyl groups is 1. The van der Waals surface area contributed by atoms with Crippen LogP contribution in [0.15, 0.2) is 41.4 Å². The Balaban J connectivity index is 1.73. The van der Waals surface area contributed by atoms with Gasteiger partial charge in [-0.05, 0) is 43.5 Å². The van der Waals surface area contributed by atoms with Gasteiger partial charge >= 0.3 is 0 Å². The Morgan fingerprint density at radius 1 is 0.348 bits per heavy atom.